The number of fused-ring (bicyclic) bond motifs is 1. The number of para-hydroxylation sites is 1. The number of hydrogen-bond donors (Lipinski definition) is 0. The van der Waals surface area contributed by atoms with Crippen molar-refractivity contribution in [2.24, 2.45) is 0 Å². The van der Waals surface area contributed by atoms with Crippen LogP contribution >= 0.6 is 0 Å². The topological polar surface area (TPSA) is 50.3 Å². The molecule has 0 atom stereocenters. The van der Waals surface area contributed by atoms with E-state index in [2.05, 4.69) is 4.98 Å². The Kier molecular flexibility index (Phi) is 2.55. The first-order chi connectivity index (χ1) is 8.74. The minimum absolute atomic E-state index is 0.102. The van der Waals surface area contributed by atoms with E-state index < -0.39 is 0 Å². The minimum Gasteiger partial charge on any atom is -0.277 e. The van der Waals surface area contributed by atoms with Crippen molar-refractivity contribution in [3.8, 4) is 0 Å². The fraction of sp³-hybridized carbons (Fsp3) is 0.214. The van der Waals surface area contributed by atoms with Crippen molar-refractivity contribution in [3.63, 3.8) is 0 Å². The first-order valence-corrected chi connectivity index (χ1v) is 5.92. The lowest BCUT2D eigenvalue weighted by molar-refractivity contribution is -0.139. The van der Waals surface area contributed by atoms with Crippen LogP contribution in [0.4, 0.5) is 0 Å². The Morgan fingerprint density at radius 2 is 1.72 bits per heavy atom. The van der Waals surface area contributed by atoms with Crippen LogP contribution in [0.5, 0.6) is 0 Å². The van der Waals surface area contributed by atoms with E-state index in [9.17, 15) is 9.59 Å². The summed E-state index contributed by atoms with van der Waals surface area (Å²) in [6, 6.07) is 11.6. The third-order valence-electron chi connectivity index (χ3n) is 3.13. The van der Waals surface area contributed by atoms with Crippen LogP contribution < -0.4 is 0 Å². The predicted molar refractivity (Wildman–Crippen MR) is 66.5 cm³/mol. The lowest BCUT2D eigenvalue weighted by Crippen LogP contribution is -2.28. The lowest BCUT2D eigenvalue weighted by Gasteiger charge is -2.13. The maximum atomic E-state index is 11.5. The van der Waals surface area contributed by atoms with Gasteiger partial charge in [-0.15, -0.1) is 0 Å². The van der Waals surface area contributed by atoms with Gasteiger partial charge in [-0.1, -0.05) is 24.3 Å². The van der Waals surface area contributed by atoms with E-state index in [4.69, 9.17) is 0 Å². The summed E-state index contributed by atoms with van der Waals surface area (Å²) in [7, 11) is 0. The Labute approximate surface area is 104 Å². The molecule has 4 heteroatoms. The number of benzene rings is 1. The number of imide groups is 1. The fourth-order valence-corrected chi connectivity index (χ4v) is 2.16. The van der Waals surface area contributed by atoms with Crippen LogP contribution in [0.1, 0.15) is 18.5 Å². The molecule has 2 amide bonds. The number of carbonyl (C=O) groups is 2. The van der Waals surface area contributed by atoms with Crippen molar-refractivity contribution in [1.29, 1.82) is 0 Å². The van der Waals surface area contributed by atoms with Gasteiger partial charge in [0.15, 0.2) is 0 Å². The third-order valence-corrected chi connectivity index (χ3v) is 3.13. The van der Waals surface area contributed by atoms with Crippen molar-refractivity contribution in [3.05, 3.63) is 42.1 Å². The van der Waals surface area contributed by atoms with Crippen LogP contribution in [0, 0.1) is 0 Å². The monoisotopic (exact) mass is 240 g/mol. The van der Waals surface area contributed by atoms with E-state index in [1.165, 1.54) is 4.90 Å². The number of carbonyl (C=O) groups excluding carboxylic acids is 2. The summed E-state index contributed by atoms with van der Waals surface area (Å²) in [6.07, 6.45) is 0.652. The molecule has 0 bridgehead atoms. The van der Waals surface area contributed by atoms with E-state index in [1.807, 2.05) is 36.4 Å². The molecular weight excluding hydrogens is 228 g/mol. The fourth-order valence-electron chi connectivity index (χ4n) is 2.16. The largest absolute Gasteiger partial charge is 0.277 e. The van der Waals surface area contributed by atoms with E-state index in [1.54, 1.807) is 0 Å². The average Bonchev–Trinajstić information content (AvgIpc) is 2.70. The van der Waals surface area contributed by atoms with Gasteiger partial charge in [0.05, 0.1) is 17.8 Å². The van der Waals surface area contributed by atoms with Crippen LogP contribution in [0.15, 0.2) is 36.4 Å². The third kappa shape index (κ3) is 1.86. The molecule has 4 nitrogen and oxygen atoms in total. The SMILES string of the molecule is O=C1CCC(=O)N1Cc1ccc2ccccc2n1. The summed E-state index contributed by atoms with van der Waals surface area (Å²) in [6.45, 7) is 0.280. The standard InChI is InChI=1S/C14H12N2O2/c17-13-7-8-14(18)16(13)9-11-6-5-10-3-1-2-4-12(10)15-11/h1-6H,7-9H2. The molecule has 3 rings (SSSR count). The molecule has 0 unspecified atom stereocenters. The van der Waals surface area contributed by atoms with Crippen LogP contribution in [0.3, 0.4) is 0 Å². The van der Waals surface area contributed by atoms with Crippen molar-refractivity contribution in [2.45, 2.75) is 19.4 Å². The van der Waals surface area contributed by atoms with Crippen molar-refractivity contribution >= 4 is 22.7 Å². The molecule has 1 aromatic carbocycles. The molecule has 2 aromatic rings. The number of hydrogen-bond acceptors (Lipinski definition) is 3. The molecule has 0 aliphatic carbocycles. The Balaban J connectivity index is 1.91. The first kappa shape index (κ1) is 10.9. The molecule has 1 aromatic heterocycles. The highest BCUT2D eigenvalue weighted by atomic mass is 16.2. The maximum Gasteiger partial charge on any atom is 0.230 e. The summed E-state index contributed by atoms with van der Waals surface area (Å²) >= 11 is 0. The van der Waals surface area contributed by atoms with Crippen LogP contribution in [0.2, 0.25) is 0 Å². The van der Waals surface area contributed by atoms with E-state index in [0.29, 0.717) is 12.8 Å². The number of likely N-dealkylation sites (tertiary alicyclic amines) is 1. The van der Waals surface area contributed by atoms with Gasteiger partial charge >= 0.3 is 0 Å². The Morgan fingerprint density at radius 1 is 1.00 bits per heavy atom. The molecule has 0 radical (unpaired) electrons. The van der Waals surface area contributed by atoms with Gasteiger partial charge in [0.25, 0.3) is 0 Å². The zero-order valence-corrected chi connectivity index (χ0v) is 9.80. The number of amides is 2. The number of aromatic nitrogens is 1. The highest BCUT2D eigenvalue weighted by Crippen LogP contribution is 2.17. The predicted octanol–water partition coefficient (Wildman–Crippen LogP) is 1.88. The van der Waals surface area contributed by atoms with E-state index in [-0.39, 0.29) is 18.4 Å². The molecule has 2 heterocycles. The Morgan fingerprint density at radius 3 is 2.50 bits per heavy atom. The summed E-state index contributed by atoms with van der Waals surface area (Å²) < 4.78 is 0. The van der Waals surface area contributed by atoms with Crippen molar-refractivity contribution < 1.29 is 9.59 Å². The number of rotatable bonds is 2. The summed E-state index contributed by atoms with van der Waals surface area (Å²) in [5.74, 6) is -0.204. The van der Waals surface area contributed by atoms with Gasteiger partial charge in [-0.2, -0.15) is 0 Å². The molecule has 0 N–H and O–H groups in total. The minimum atomic E-state index is -0.102. The number of pyridine rings is 1. The zero-order valence-electron chi connectivity index (χ0n) is 9.80. The summed E-state index contributed by atoms with van der Waals surface area (Å²) in [4.78, 5) is 28.8. The molecule has 1 aliphatic heterocycles. The van der Waals surface area contributed by atoms with Gasteiger partial charge in [0.2, 0.25) is 11.8 Å². The van der Waals surface area contributed by atoms with Gasteiger partial charge in [-0.05, 0) is 12.1 Å². The van der Waals surface area contributed by atoms with E-state index in [0.717, 1.165) is 16.6 Å². The quantitative estimate of drug-likeness (QED) is 0.753. The van der Waals surface area contributed by atoms with Crippen molar-refractivity contribution in [1.82, 2.24) is 9.88 Å². The summed E-state index contributed by atoms with van der Waals surface area (Å²) in [5.41, 5.74) is 1.63. The molecule has 18 heavy (non-hydrogen) atoms. The zero-order chi connectivity index (χ0) is 12.5. The molecule has 1 aliphatic rings. The number of nitrogens with zero attached hydrogens (tertiary/aromatic N) is 2. The van der Waals surface area contributed by atoms with Crippen LogP contribution in [-0.2, 0) is 16.1 Å². The van der Waals surface area contributed by atoms with Gasteiger partial charge < -0.3 is 0 Å². The Bertz CT molecular complexity index is 620. The molecule has 0 saturated carbocycles. The van der Waals surface area contributed by atoms with Crippen molar-refractivity contribution in [2.75, 3.05) is 0 Å². The normalized spacial score (nSPS) is 15.7. The molecule has 0 spiro atoms. The highest BCUT2D eigenvalue weighted by Gasteiger charge is 2.28. The smallest absolute Gasteiger partial charge is 0.230 e. The second-order valence-electron chi connectivity index (χ2n) is 4.37. The lowest BCUT2D eigenvalue weighted by atomic mass is 10.2. The van der Waals surface area contributed by atoms with Gasteiger partial charge in [0.1, 0.15) is 0 Å². The molecule has 1 saturated heterocycles. The maximum absolute atomic E-state index is 11.5. The van der Waals surface area contributed by atoms with E-state index >= 15 is 0 Å². The van der Waals surface area contributed by atoms with Gasteiger partial charge in [0, 0.05) is 18.2 Å². The second-order valence-corrected chi connectivity index (χ2v) is 4.37. The molecular formula is C14H12N2O2. The van der Waals surface area contributed by atoms with Gasteiger partial charge in [-0.25, -0.2) is 0 Å². The molecule has 1 fully saturated rings. The Hall–Kier alpha value is -2.23. The first-order valence-electron chi connectivity index (χ1n) is 5.92. The average molecular weight is 240 g/mol. The highest BCUT2D eigenvalue weighted by molar-refractivity contribution is 6.01. The van der Waals surface area contributed by atoms with Crippen LogP contribution in [0.25, 0.3) is 10.9 Å². The second kappa shape index (κ2) is 4.22. The molecule has 90 valence electrons. The van der Waals surface area contributed by atoms with Gasteiger partial charge in [-0.3, -0.25) is 19.5 Å². The van der Waals surface area contributed by atoms with Crippen LogP contribution in [-0.4, -0.2) is 21.7 Å². The summed E-state index contributed by atoms with van der Waals surface area (Å²) in [5, 5.41) is 1.06.